The van der Waals surface area contributed by atoms with Crippen LogP contribution in [0.15, 0.2) is 72.8 Å². The van der Waals surface area contributed by atoms with Crippen molar-refractivity contribution in [3.05, 3.63) is 83.9 Å². The van der Waals surface area contributed by atoms with Crippen LogP contribution in [-0.2, 0) is 14.3 Å². The SMILES string of the molecule is O=C(/C=C/c1ccccc1)OC(=O)/C=C/c1ccccc1. The molecule has 0 radical (unpaired) electrons. The summed E-state index contributed by atoms with van der Waals surface area (Å²) in [5.74, 6) is -1.39. The maximum absolute atomic E-state index is 11.5. The molecule has 3 heteroatoms. The number of benzene rings is 2. The van der Waals surface area contributed by atoms with E-state index in [4.69, 9.17) is 0 Å². The van der Waals surface area contributed by atoms with Gasteiger partial charge >= 0.3 is 11.9 Å². The van der Waals surface area contributed by atoms with E-state index in [0.29, 0.717) is 0 Å². The molecular weight excluding hydrogens is 264 g/mol. The summed E-state index contributed by atoms with van der Waals surface area (Å²) in [4.78, 5) is 22.9. The highest BCUT2D eigenvalue weighted by atomic mass is 16.6. The lowest BCUT2D eigenvalue weighted by atomic mass is 10.2. The topological polar surface area (TPSA) is 43.4 Å². The molecule has 0 N–H and O–H groups in total. The van der Waals surface area contributed by atoms with Crippen LogP contribution < -0.4 is 0 Å². The van der Waals surface area contributed by atoms with Crippen LogP contribution in [-0.4, -0.2) is 11.9 Å². The Labute approximate surface area is 123 Å². The zero-order chi connectivity index (χ0) is 14.9. The van der Waals surface area contributed by atoms with Crippen molar-refractivity contribution in [2.75, 3.05) is 0 Å². The molecular formula is C18H14O3. The molecule has 3 nitrogen and oxygen atoms in total. The molecule has 2 aromatic carbocycles. The number of rotatable bonds is 4. The van der Waals surface area contributed by atoms with E-state index in [1.807, 2.05) is 60.7 Å². The molecule has 0 aliphatic heterocycles. The molecule has 0 aromatic heterocycles. The fourth-order valence-corrected chi connectivity index (χ4v) is 1.62. The lowest BCUT2D eigenvalue weighted by molar-refractivity contribution is -0.152. The summed E-state index contributed by atoms with van der Waals surface area (Å²) < 4.78 is 4.64. The summed E-state index contributed by atoms with van der Waals surface area (Å²) in [5.41, 5.74) is 1.73. The van der Waals surface area contributed by atoms with E-state index in [2.05, 4.69) is 4.74 Å². The molecule has 0 spiro atoms. The van der Waals surface area contributed by atoms with Crippen LogP contribution in [0.1, 0.15) is 11.1 Å². The van der Waals surface area contributed by atoms with Gasteiger partial charge in [-0.3, -0.25) is 0 Å². The van der Waals surface area contributed by atoms with Crippen LogP contribution in [0, 0.1) is 0 Å². The van der Waals surface area contributed by atoms with Gasteiger partial charge in [0.1, 0.15) is 0 Å². The van der Waals surface area contributed by atoms with Crippen molar-refractivity contribution < 1.29 is 14.3 Å². The number of hydrogen-bond donors (Lipinski definition) is 0. The van der Waals surface area contributed by atoms with Crippen LogP contribution >= 0.6 is 0 Å². The largest absolute Gasteiger partial charge is 0.387 e. The summed E-state index contributed by atoms with van der Waals surface area (Å²) in [5, 5.41) is 0. The Balaban J connectivity index is 1.87. The second kappa shape index (κ2) is 7.60. The summed E-state index contributed by atoms with van der Waals surface area (Å²) in [6.07, 6.45) is 5.64. The van der Waals surface area contributed by atoms with E-state index < -0.39 is 11.9 Å². The van der Waals surface area contributed by atoms with E-state index in [-0.39, 0.29) is 0 Å². The van der Waals surface area contributed by atoms with Gasteiger partial charge in [0.25, 0.3) is 0 Å². The van der Waals surface area contributed by atoms with Crippen molar-refractivity contribution in [1.29, 1.82) is 0 Å². The first-order valence-corrected chi connectivity index (χ1v) is 6.46. The average molecular weight is 278 g/mol. The Morgan fingerprint density at radius 3 is 1.43 bits per heavy atom. The molecule has 0 unspecified atom stereocenters. The van der Waals surface area contributed by atoms with Crippen molar-refractivity contribution in [3.8, 4) is 0 Å². The molecule has 0 atom stereocenters. The van der Waals surface area contributed by atoms with Crippen LogP contribution in [0.2, 0.25) is 0 Å². The summed E-state index contributed by atoms with van der Waals surface area (Å²) in [6, 6.07) is 18.6. The van der Waals surface area contributed by atoms with E-state index in [1.54, 1.807) is 12.2 Å². The molecule has 0 saturated carbocycles. The Morgan fingerprint density at radius 1 is 0.667 bits per heavy atom. The third kappa shape index (κ3) is 5.28. The van der Waals surface area contributed by atoms with Crippen molar-refractivity contribution in [2.24, 2.45) is 0 Å². The highest BCUT2D eigenvalue weighted by Gasteiger charge is 2.03. The standard InChI is InChI=1S/C18H14O3/c19-17(13-11-15-7-3-1-4-8-15)21-18(20)14-12-16-9-5-2-6-10-16/h1-14H/b13-11+,14-12+. The zero-order valence-electron chi connectivity index (χ0n) is 11.3. The minimum atomic E-state index is -0.693. The highest BCUT2D eigenvalue weighted by Crippen LogP contribution is 2.03. The van der Waals surface area contributed by atoms with Crippen molar-refractivity contribution in [3.63, 3.8) is 0 Å². The number of hydrogen-bond acceptors (Lipinski definition) is 3. The second-order valence-corrected chi connectivity index (χ2v) is 4.23. The van der Waals surface area contributed by atoms with Gasteiger partial charge in [0, 0.05) is 12.2 Å². The fourth-order valence-electron chi connectivity index (χ4n) is 1.62. The van der Waals surface area contributed by atoms with Crippen molar-refractivity contribution in [2.45, 2.75) is 0 Å². The molecule has 0 aliphatic carbocycles. The third-order valence-electron chi connectivity index (χ3n) is 2.62. The van der Waals surface area contributed by atoms with Crippen molar-refractivity contribution >= 4 is 24.1 Å². The minimum absolute atomic E-state index is 0.693. The minimum Gasteiger partial charge on any atom is -0.387 e. The van der Waals surface area contributed by atoms with E-state index in [1.165, 1.54) is 12.2 Å². The number of ether oxygens (including phenoxy) is 1. The third-order valence-corrected chi connectivity index (χ3v) is 2.62. The quantitative estimate of drug-likeness (QED) is 0.488. The van der Waals surface area contributed by atoms with Crippen LogP contribution in [0.3, 0.4) is 0 Å². The zero-order valence-corrected chi connectivity index (χ0v) is 11.3. The fraction of sp³-hybridized carbons (Fsp3) is 0. The maximum atomic E-state index is 11.5. The summed E-state index contributed by atoms with van der Waals surface area (Å²) in [6.45, 7) is 0. The van der Waals surface area contributed by atoms with Gasteiger partial charge in [0.2, 0.25) is 0 Å². The van der Waals surface area contributed by atoms with Gasteiger partial charge in [0.05, 0.1) is 0 Å². The van der Waals surface area contributed by atoms with Gasteiger partial charge < -0.3 is 4.74 Å². The van der Waals surface area contributed by atoms with Gasteiger partial charge in [-0.15, -0.1) is 0 Å². The van der Waals surface area contributed by atoms with Crippen molar-refractivity contribution in [1.82, 2.24) is 0 Å². The molecule has 0 amide bonds. The number of esters is 2. The molecule has 0 saturated heterocycles. The number of carbonyl (C=O) groups is 2. The van der Waals surface area contributed by atoms with Crippen LogP contribution in [0.4, 0.5) is 0 Å². The highest BCUT2D eigenvalue weighted by molar-refractivity contribution is 5.99. The first-order chi connectivity index (χ1) is 10.2. The first-order valence-electron chi connectivity index (χ1n) is 6.46. The Hall–Kier alpha value is -2.94. The number of carbonyl (C=O) groups excluding carboxylic acids is 2. The summed E-state index contributed by atoms with van der Waals surface area (Å²) in [7, 11) is 0. The lowest BCUT2D eigenvalue weighted by Crippen LogP contribution is -2.06. The molecule has 2 aromatic rings. The second-order valence-electron chi connectivity index (χ2n) is 4.23. The molecule has 2 rings (SSSR count). The van der Waals surface area contributed by atoms with Gasteiger partial charge in [-0.1, -0.05) is 60.7 Å². The monoisotopic (exact) mass is 278 g/mol. The molecule has 21 heavy (non-hydrogen) atoms. The predicted molar refractivity (Wildman–Crippen MR) is 82.1 cm³/mol. The van der Waals surface area contributed by atoms with Gasteiger partial charge in [-0.2, -0.15) is 0 Å². The van der Waals surface area contributed by atoms with Gasteiger partial charge in [-0.05, 0) is 23.3 Å². The van der Waals surface area contributed by atoms with Crippen LogP contribution in [0.25, 0.3) is 12.2 Å². The smallest absolute Gasteiger partial charge is 0.338 e. The molecule has 0 heterocycles. The Bertz CT molecular complexity index is 596. The summed E-state index contributed by atoms with van der Waals surface area (Å²) >= 11 is 0. The Morgan fingerprint density at radius 2 is 1.05 bits per heavy atom. The first kappa shape index (κ1) is 14.5. The maximum Gasteiger partial charge on any atom is 0.338 e. The molecule has 0 bridgehead atoms. The Kier molecular flexibility index (Phi) is 5.24. The van der Waals surface area contributed by atoms with E-state index >= 15 is 0 Å². The predicted octanol–water partition coefficient (Wildman–Crippen LogP) is 3.48. The van der Waals surface area contributed by atoms with Crippen LogP contribution in [0.5, 0.6) is 0 Å². The normalized spacial score (nSPS) is 10.9. The van der Waals surface area contributed by atoms with Gasteiger partial charge in [0.15, 0.2) is 0 Å². The van der Waals surface area contributed by atoms with E-state index in [0.717, 1.165) is 11.1 Å². The molecule has 0 aliphatic rings. The average Bonchev–Trinajstić information content (AvgIpc) is 2.53. The lowest BCUT2D eigenvalue weighted by Gasteiger charge is -1.95. The van der Waals surface area contributed by atoms with Gasteiger partial charge in [-0.25, -0.2) is 9.59 Å². The molecule has 104 valence electrons. The molecule has 0 fully saturated rings. The van der Waals surface area contributed by atoms with E-state index in [9.17, 15) is 9.59 Å².